The van der Waals surface area contributed by atoms with Gasteiger partial charge in [0.1, 0.15) is 12.3 Å². The Labute approximate surface area is 148 Å². The van der Waals surface area contributed by atoms with Crippen LogP contribution in [0.2, 0.25) is 0 Å². The number of nitrogens with one attached hydrogen (secondary N) is 2. The summed E-state index contributed by atoms with van der Waals surface area (Å²) in [7, 11) is 0. The Morgan fingerprint density at radius 3 is 2.44 bits per heavy atom. The maximum Gasteiger partial charge on any atom is 0.325 e. The van der Waals surface area contributed by atoms with Crippen molar-refractivity contribution in [2.45, 2.75) is 39.7 Å². The lowest BCUT2D eigenvalue weighted by Crippen LogP contribution is -2.45. The molecule has 25 heavy (non-hydrogen) atoms. The molecule has 2 N–H and O–H groups in total. The summed E-state index contributed by atoms with van der Waals surface area (Å²) >= 11 is 0. The van der Waals surface area contributed by atoms with Crippen molar-refractivity contribution in [2.24, 2.45) is 0 Å². The molecule has 1 aromatic carbocycles. The first-order valence-electron chi connectivity index (χ1n) is 8.25. The second-order valence-electron chi connectivity index (χ2n) is 6.06. The van der Waals surface area contributed by atoms with Gasteiger partial charge in [0.05, 0.1) is 12.2 Å². The molecule has 138 valence electrons. The molecule has 1 rings (SSSR count). The lowest BCUT2D eigenvalue weighted by molar-refractivity contribution is -0.148. The SMILES string of the molecule is CCOc1ccccc1C(=O)NCC(=O)OCC(=O)NC(C)(C)CC. The van der Waals surface area contributed by atoms with Crippen LogP contribution in [0, 0.1) is 0 Å². The van der Waals surface area contributed by atoms with Crippen LogP contribution in [0.25, 0.3) is 0 Å². The molecule has 0 atom stereocenters. The summed E-state index contributed by atoms with van der Waals surface area (Å²) in [5.74, 6) is -1.07. The first kappa shape index (κ1) is 20.5. The third-order valence-corrected chi connectivity index (χ3v) is 3.55. The summed E-state index contributed by atoms with van der Waals surface area (Å²) in [6, 6.07) is 6.74. The van der Waals surface area contributed by atoms with Crippen LogP contribution in [0.15, 0.2) is 24.3 Å². The van der Waals surface area contributed by atoms with Crippen molar-refractivity contribution < 1.29 is 23.9 Å². The van der Waals surface area contributed by atoms with Gasteiger partial charge in [-0.1, -0.05) is 19.1 Å². The quantitative estimate of drug-likeness (QED) is 0.661. The number of carbonyl (C=O) groups is 3. The minimum absolute atomic E-state index is 0.330. The second-order valence-corrected chi connectivity index (χ2v) is 6.06. The van der Waals surface area contributed by atoms with Gasteiger partial charge in [-0.2, -0.15) is 0 Å². The Morgan fingerprint density at radius 1 is 1.12 bits per heavy atom. The van der Waals surface area contributed by atoms with Crippen LogP contribution in [0.5, 0.6) is 5.75 Å². The number of ether oxygens (including phenoxy) is 2. The molecule has 0 unspecified atom stereocenters. The van der Waals surface area contributed by atoms with E-state index in [-0.39, 0.29) is 24.6 Å². The van der Waals surface area contributed by atoms with Crippen LogP contribution in [0.1, 0.15) is 44.5 Å². The minimum atomic E-state index is -0.688. The Hall–Kier alpha value is -2.57. The average molecular weight is 350 g/mol. The molecule has 0 aromatic heterocycles. The van der Waals surface area contributed by atoms with Gasteiger partial charge in [0.15, 0.2) is 6.61 Å². The molecule has 0 aliphatic heterocycles. The van der Waals surface area contributed by atoms with E-state index in [9.17, 15) is 14.4 Å². The molecule has 2 amide bonds. The fraction of sp³-hybridized carbons (Fsp3) is 0.500. The fourth-order valence-corrected chi connectivity index (χ4v) is 1.88. The van der Waals surface area contributed by atoms with Crippen molar-refractivity contribution >= 4 is 17.8 Å². The van der Waals surface area contributed by atoms with Crippen LogP contribution in [0.4, 0.5) is 0 Å². The van der Waals surface area contributed by atoms with Gasteiger partial charge in [-0.3, -0.25) is 14.4 Å². The maximum atomic E-state index is 12.1. The minimum Gasteiger partial charge on any atom is -0.493 e. The van der Waals surface area contributed by atoms with Gasteiger partial charge < -0.3 is 20.1 Å². The fourth-order valence-electron chi connectivity index (χ4n) is 1.88. The Balaban J connectivity index is 2.44. The van der Waals surface area contributed by atoms with Crippen LogP contribution >= 0.6 is 0 Å². The molecular formula is C18H26N2O5. The van der Waals surface area contributed by atoms with Crippen LogP contribution in [-0.4, -0.2) is 43.1 Å². The standard InChI is InChI=1S/C18H26N2O5/c1-5-18(3,4)20-15(21)12-25-16(22)11-19-17(23)13-9-7-8-10-14(13)24-6-2/h7-10H,5-6,11-12H2,1-4H3,(H,19,23)(H,20,21). The zero-order valence-electron chi connectivity index (χ0n) is 15.2. The predicted octanol–water partition coefficient (Wildman–Crippen LogP) is 1.66. The summed E-state index contributed by atoms with van der Waals surface area (Å²) in [5, 5.41) is 5.21. The molecule has 0 spiro atoms. The molecule has 0 radical (unpaired) electrons. The summed E-state index contributed by atoms with van der Waals surface area (Å²) in [5.41, 5.74) is -0.0275. The molecule has 0 saturated heterocycles. The van der Waals surface area contributed by atoms with E-state index in [1.54, 1.807) is 24.3 Å². The molecule has 7 nitrogen and oxygen atoms in total. The van der Waals surface area contributed by atoms with E-state index in [1.165, 1.54) is 0 Å². The topological polar surface area (TPSA) is 93.7 Å². The number of para-hydroxylation sites is 1. The molecule has 0 saturated carbocycles. The second kappa shape index (κ2) is 9.66. The van der Waals surface area contributed by atoms with Crippen LogP contribution in [0.3, 0.4) is 0 Å². The molecule has 1 aromatic rings. The summed E-state index contributed by atoms with van der Waals surface area (Å²) < 4.78 is 10.2. The molecule has 0 bridgehead atoms. The van der Waals surface area contributed by atoms with Crippen molar-refractivity contribution in [1.29, 1.82) is 0 Å². The van der Waals surface area contributed by atoms with E-state index in [1.807, 2.05) is 27.7 Å². The average Bonchev–Trinajstić information content (AvgIpc) is 2.58. The first-order chi connectivity index (χ1) is 11.8. The highest BCUT2D eigenvalue weighted by molar-refractivity contribution is 5.98. The molecule has 0 heterocycles. The summed E-state index contributed by atoms with van der Waals surface area (Å²) in [4.78, 5) is 35.5. The van der Waals surface area contributed by atoms with Crippen molar-refractivity contribution in [3.8, 4) is 5.75 Å². The Bertz CT molecular complexity index is 613. The van der Waals surface area contributed by atoms with Gasteiger partial charge in [0.25, 0.3) is 11.8 Å². The number of benzene rings is 1. The van der Waals surface area contributed by atoms with Crippen molar-refractivity contribution in [2.75, 3.05) is 19.8 Å². The normalized spacial score (nSPS) is 10.7. The van der Waals surface area contributed by atoms with Crippen molar-refractivity contribution in [3.63, 3.8) is 0 Å². The van der Waals surface area contributed by atoms with E-state index in [2.05, 4.69) is 10.6 Å². The van der Waals surface area contributed by atoms with Crippen molar-refractivity contribution in [1.82, 2.24) is 10.6 Å². The molecule has 0 aliphatic rings. The van der Waals surface area contributed by atoms with Gasteiger partial charge >= 0.3 is 5.97 Å². The number of carbonyl (C=O) groups excluding carboxylic acids is 3. The lowest BCUT2D eigenvalue weighted by Gasteiger charge is -2.24. The predicted molar refractivity (Wildman–Crippen MR) is 93.4 cm³/mol. The number of hydrogen-bond donors (Lipinski definition) is 2. The molecular weight excluding hydrogens is 324 g/mol. The summed E-state index contributed by atoms with van der Waals surface area (Å²) in [6.45, 7) is 7.23. The molecule has 0 aliphatic carbocycles. The number of esters is 1. The smallest absolute Gasteiger partial charge is 0.325 e. The van der Waals surface area contributed by atoms with Crippen LogP contribution in [-0.2, 0) is 14.3 Å². The maximum absolute atomic E-state index is 12.1. The monoisotopic (exact) mass is 350 g/mol. The Kier molecular flexibility index (Phi) is 7.91. The Morgan fingerprint density at radius 2 is 1.80 bits per heavy atom. The van der Waals surface area contributed by atoms with E-state index >= 15 is 0 Å². The highest BCUT2D eigenvalue weighted by Gasteiger charge is 2.19. The highest BCUT2D eigenvalue weighted by atomic mass is 16.5. The summed E-state index contributed by atoms with van der Waals surface area (Å²) in [6.07, 6.45) is 0.752. The number of amides is 2. The van der Waals surface area contributed by atoms with E-state index in [0.29, 0.717) is 17.9 Å². The zero-order chi connectivity index (χ0) is 18.9. The highest BCUT2D eigenvalue weighted by Crippen LogP contribution is 2.17. The van der Waals surface area contributed by atoms with Gasteiger partial charge in [0, 0.05) is 5.54 Å². The van der Waals surface area contributed by atoms with Gasteiger partial charge in [0.2, 0.25) is 0 Å². The van der Waals surface area contributed by atoms with E-state index < -0.39 is 11.9 Å². The van der Waals surface area contributed by atoms with Crippen molar-refractivity contribution in [3.05, 3.63) is 29.8 Å². The largest absolute Gasteiger partial charge is 0.493 e. The third kappa shape index (κ3) is 7.24. The van der Waals surface area contributed by atoms with E-state index in [4.69, 9.17) is 9.47 Å². The van der Waals surface area contributed by atoms with E-state index in [0.717, 1.165) is 6.42 Å². The van der Waals surface area contributed by atoms with Gasteiger partial charge in [-0.15, -0.1) is 0 Å². The van der Waals surface area contributed by atoms with Gasteiger partial charge in [-0.05, 0) is 39.3 Å². The molecule has 7 heteroatoms. The molecule has 0 fully saturated rings. The number of rotatable bonds is 9. The van der Waals surface area contributed by atoms with Crippen LogP contribution < -0.4 is 15.4 Å². The first-order valence-corrected chi connectivity index (χ1v) is 8.25. The lowest BCUT2D eigenvalue weighted by atomic mass is 10.0. The third-order valence-electron chi connectivity index (χ3n) is 3.55. The van der Waals surface area contributed by atoms with Gasteiger partial charge in [-0.25, -0.2) is 0 Å². The number of hydrogen-bond acceptors (Lipinski definition) is 5. The zero-order valence-corrected chi connectivity index (χ0v) is 15.2.